The van der Waals surface area contributed by atoms with Crippen LogP contribution in [0.2, 0.25) is 0 Å². The van der Waals surface area contributed by atoms with Crippen LogP contribution in [0.1, 0.15) is 35.4 Å². The molecule has 0 aromatic heterocycles. The van der Waals surface area contributed by atoms with Gasteiger partial charge in [0.2, 0.25) is 0 Å². The number of amides is 1. The summed E-state index contributed by atoms with van der Waals surface area (Å²) in [5.41, 5.74) is 4.65. The van der Waals surface area contributed by atoms with E-state index in [1.54, 1.807) is 4.90 Å². The standard InChI is InChI=1S/C26H25NO3/c28-25(27-16-8-15-26(29,18-27)19-9-2-1-3-10-19)30-17-24-22-13-6-4-11-20(22)21-12-5-7-14-23(21)24/h1-7,9-14,24,29H,8,15-18H2. The Bertz CT molecular complexity index is 1020. The predicted molar refractivity (Wildman–Crippen MR) is 116 cm³/mol. The predicted octanol–water partition coefficient (Wildman–Crippen LogP) is 4.92. The van der Waals surface area contributed by atoms with Crippen molar-refractivity contribution in [3.8, 4) is 11.1 Å². The van der Waals surface area contributed by atoms with Gasteiger partial charge in [-0.1, -0.05) is 78.9 Å². The number of rotatable bonds is 3. The molecular formula is C26H25NO3. The second-order valence-electron chi connectivity index (χ2n) is 8.23. The van der Waals surface area contributed by atoms with Crippen LogP contribution >= 0.6 is 0 Å². The van der Waals surface area contributed by atoms with Gasteiger partial charge in [-0.15, -0.1) is 0 Å². The van der Waals surface area contributed by atoms with E-state index in [1.165, 1.54) is 22.3 Å². The average molecular weight is 399 g/mol. The van der Waals surface area contributed by atoms with Crippen LogP contribution in [0.4, 0.5) is 4.79 Å². The van der Waals surface area contributed by atoms with Gasteiger partial charge >= 0.3 is 6.09 Å². The summed E-state index contributed by atoms with van der Waals surface area (Å²) in [5.74, 6) is 0.0409. The maximum Gasteiger partial charge on any atom is 0.409 e. The molecule has 0 bridgehead atoms. The van der Waals surface area contributed by atoms with Crippen molar-refractivity contribution >= 4 is 6.09 Å². The zero-order chi connectivity index (χ0) is 20.6. The first kappa shape index (κ1) is 18.9. The second-order valence-corrected chi connectivity index (χ2v) is 8.23. The van der Waals surface area contributed by atoms with Gasteiger partial charge in [-0.05, 0) is 40.7 Å². The van der Waals surface area contributed by atoms with Gasteiger partial charge in [0.05, 0.1) is 6.54 Å². The zero-order valence-corrected chi connectivity index (χ0v) is 16.8. The molecule has 3 aromatic rings. The minimum absolute atomic E-state index is 0.0409. The van der Waals surface area contributed by atoms with Crippen LogP contribution in [0.5, 0.6) is 0 Å². The monoisotopic (exact) mass is 399 g/mol. The Balaban J connectivity index is 1.31. The molecule has 1 unspecified atom stereocenters. The van der Waals surface area contributed by atoms with Gasteiger partial charge in [-0.2, -0.15) is 0 Å². The number of hydrogen-bond donors (Lipinski definition) is 1. The Morgan fingerprint density at radius 2 is 1.53 bits per heavy atom. The Hall–Kier alpha value is -3.11. The van der Waals surface area contributed by atoms with Crippen LogP contribution < -0.4 is 0 Å². The minimum Gasteiger partial charge on any atom is -0.448 e. The molecular weight excluding hydrogens is 374 g/mol. The fourth-order valence-corrected chi connectivity index (χ4v) is 4.86. The lowest BCUT2D eigenvalue weighted by Gasteiger charge is -2.39. The van der Waals surface area contributed by atoms with Gasteiger partial charge < -0.3 is 14.7 Å². The summed E-state index contributed by atoms with van der Waals surface area (Å²) < 4.78 is 5.78. The Morgan fingerprint density at radius 1 is 0.933 bits per heavy atom. The van der Waals surface area contributed by atoms with Gasteiger partial charge in [0.25, 0.3) is 0 Å². The molecule has 1 amide bonds. The van der Waals surface area contributed by atoms with Crippen molar-refractivity contribution in [2.45, 2.75) is 24.4 Å². The van der Waals surface area contributed by atoms with E-state index in [4.69, 9.17) is 4.74 Å². The number of carbonyl (C=O) groups excluding carboxylic acids is 1. The van der Waals surface area contributed by atoms with Gasteiger partial charge in [-0.3, -0.25) is 0 Å². The van der Waals surface area contributed by atoms with Crippen molar-refractivity contribution in [1.29, 1.82) is 0 Å². The number of fused-ring (bicyclic) bond motifs is 3. The summed E-state index contributed by atoms with van der Waals surface area (Å²) in [6.45, 7) is 1.16. The Morgan fingerprint density at radius 3 is 2.20 bits per heavy atom. The van der Waals surface area contributed by atoms with Crippen molar-refractivity contribution in [2.75, 3.05) is 19.7 Å². The summed E-state index contributed by atoms with van der Waals surface area (Å²) in [5, 5.41) is 11.2. The van der Waals surface area contributed by atoms with E-state index in [0.29, 0.717) is 19.6 Å². The molecule has 152 valence electrons. The lowest BCUT2D eigenvalue weighted by molar-refractivity contribution is -0.0342. The number of benzene rings is 3. The molecule has 1 saturated heterocycles. The molecule has 3 aromatic carbocycles. The molecule has 5 rings (SSSR count). The number of hydrogen-bond acceptors (Lipinski definition) is 3. The van der Waals surface area contributed by atoms with Crippen molar-refractivity contribution in [3.63, 3.8) is 0 Å². The molecule has 0 radical (unpaired) electrons. The van der Waals surface area contributed by atoms with Crippen molar-refractivity contribution in [1.82, 2.24) is 4.90 Å². The molecule has 4 nitrogen and oxygen atoms in total. The Kier molecular flexibility index (Phi) is 4.80. The first-order valence-corrected chi connectivity index (χ1v) is 10.5. The number of ether oxygens (including phenoxy) is 1. The highest BCUT2D eigenvalue weighted by Gasteiger charge is 2.38. The summed E-state index contributed by atoms with van der Waals surface area (Å²) in [6, 6.07) is 26.2. The quantitative estimate of drug-likeness (QED) is 0.680. The van der Waals surface area contributed by atoms with Crippen molar-refractivity contribution < 1.29 is 14.6 Å². The SMILES string of the molecule is O=C(OCC1c2ccccc2-c2ccccc21)N1CCCC(O)(c2ccccc2)C1. The largest absolute Gasteiger partial charge is 0.448 e. The highest BCUT2D eigenvalue weighted by Crippen LogP contribution is 2.44. The van der Waals surface area contributed by atoms with Gasteiger partial charge in [0.15, 0.2) is 0 Å². The normalized spacial score (nSPS) is 20.5. The van der Waals surface area contributed by atoms with Crippen LogP contribution in [0.15, 0.2) is 78.9 Å². The van der Waals surface area contributed by atoms with Crippen LogP contribution in [0.3, 0.4) is 0 Å². The van der Waals surface area contributed by atoms with E-state index < -0.39 is 5.60 Å². The summed E-state index contributed by atoms with van der Waals surface area (Å²) in [6.07, 6.45) is 1.03. The highest BCUT2D eigenvalue weighted by atomic mass is 16.6. The van der Waals surface area contributed by atoms with E-state index in [1.807, 2.05) is 54.6 Å². The molecule has 4 heteroatoms. The van der Waals surface area contributed by atoms with Gasteiger partial charge in [0, 0.05) is 12.5 Å². The van der Waals surface area contributed by atoms with Crippen molar-refractivity contribution in [2.24, 2.45) is 0 Å². The highest BCUT2D eigenvalue weighted by molar-refractivity contribution is 5.79. The molecule has 1 heterocycles. The lowest BCUT2D eigenvalue weighted by Crippen LogP contribution is -2.48. The maximum atomic E-state index is 12.9. The fraction of sp³-hybridized carbons (Fsp3) is 0.269. The number of β-amino-alcohol motifs (C(OH)–C–C–N with tert-alkyl or cyclic N) is 1. The van der Waals surface area contributed by atoms with E-state index >= 15 is 0 Å². The number of likely N-dealkylation sites (tertiary alicyclic amines) is 1. The molecule has 1 atom stereocenters. The van der Waals surface area contributed by atoms with Crippen LogP contribution in [0.25, 0.3) is 11.1 Å². The van der Waals surface area contributed by atoms with Crippen LogP contribution in [-0.4, -0.2) is 35.8 Å². The minimum atomic E-state index is -1.02. The molecule has 1 aliphatic carbocycles. The third-order valence-corrected chi connectivity index (χ3v) is 6.38. The van der Waals surface area contributed by atoms with E-state index in [-0.39, 0.29) is 18.6 Å². The summed E-state index contributed by atoms with van der Waals surface area (Å²) in [7, 11) is 0. The summed E-state index contributed by atoms with van der Waals surface area (Å²) in [4.78, 5) is 14.5. The third kappa shape index (κ3) is 3.27. The average Bonchev–Trinajstić information content (AvgIpc) is 3.12. The fourth-order valence-electron chi connectivity index (χ4n) is 4.86. The molecule has 1 aliphatic heterocycles. The molecule has 0 saturated carbocycles. The second kappa shape index (κ2) is 7.62. The number of carbonyl (C=O) groups is 1. The third-order valence-electron chi connectivity index (χ3n) is 6.38. The van der Waals surface area contributed by atoms with Crippen molar-refractivity contribution in [3.05, 3.63) is 95.6 Å². The van der Waals surface area contributed by atoms with E-state index in [0.717, 1.165) is 12.0 Å². The zero-order valence-electron chi connectivity index (χ0n) is 16.8. The molecule has 1 fully saturated rings. The lowest BCUT2D eigenvalue weighted by atomic mass is 9.86. The first-order chi connectivity index (χ1) is 14.7. The number of nitrogens with zero attached hydrogens (tertiary/aromatic N) is 1. The van der Waals surface area contributed by atoms with E-state index in [9.17, 15) is 9.90 Å². The van der Waals surface area contributed by atoms with Gasteiger partial charge in [-0.25, -0.2) is 4.79 Å². The number of aliphatic hydroxyl groups is 1. The first-order valence-electron chi connectivity index (χ1n) is 10.5. The van der Waals surface area contributed by atoms with Crippen LogP contribution in [0, 0.1) is 0 Å². The number of piperidine rings is 1. The smallest absolute Gasteiger partial charge is 0.409 e. The van der Waals surface area contributed by atoms with Crippen LogP contribution in [-0.2, 0) is 10.3 Å². The molecule has 1 N–H and O–H groups in total. The topological polar surface area (TPSA) is 49.8 Å². The molecule has 0 spiro atoms. The maximum absolute atomic E-state index is 12.9. The van der Waals surface area contributed by atoms with E-state index in [2.05, 4.69) is 24.3 Å². The molecule has 2 aliphatic rings. The summed E-state index contributed by atoms with van der Waals surface area (Å²) >= 11 is 0. The molecule has 30 heavy (non-hydrogen) atoms. The Labute approximate surface area is 176 Å². The van der Waals surface area contributed by atoms with Gasteiger partial charge in [0.1, 0.15) is 12.2 Å².